The Morgan fingerprint density at radius 1 is 1.00 bits per heavy atom. The average Bonchev–Trinajstić information content (AvgIpc) is 3.15. The normalized spacial score (nSPS) is 19.1. The summed E-state index contributed by atoms with van der Waals surface area (Å²) in [6, 6.07) is 18.7. The molecule has 1 heterocycles. The molecule has 0 saturated carbocycles. The molecule has 178 valence electrons. The quantitative estimate of drug-likeness (QED) is 0.514. The van der Waals surface area contributed by atoms with Crippen molar-refractivity contribution in [2.75, 3.05) is 11.5 Å². The summed E-state index contributed by atoms with van der Waals surface area (Å²) in [7, 11) is 0. The number of halogens is 1. The maximum Gasteiger partial charge on any atom is 0.415 e. The number of rotatable bonds is 6. The van der Waals surface area contributed by atoms with Gasteiger partial charge >= 0.3 is 6.09 Å². The number of benzene rings is 3. The van der Waals surface area contributed by atoms with Crippen LogP contribution in [0.2, 0.25) is 0 Å². The highest BCUT2D eigenvalue weighted by Crippen LogP contribution is 2.39. The summed E-state index contributed by atoms with van der Waals surface area (Å²) in [4.78, 5) is 14.2. The first-order valence-electron chi connectivity index (χ1n) is 11.1. The van der Waals surface area contributed by atoms with Crippen molar-refractivity contribution in [1.29, 1.82) is 0 Å². The van der Waals surface area contributed by atoms with Crippen LogP contribution in [0.3, 0.4) is 0 Å². The number of aromatic hydroxyl groups is 1. The number of anilines is 1. The molecule has 1 fully saturated rings. The summed E-state index contributed by atoms with van der Waals surface area (Å²) in [5.41, 5.74) is 2.24. The molecule has 3 aromatic carbocycles. The van der Waals surface area contributed by atoms with E-state index in [1.807, 2.05) is 24.3 Å². The first-order chi connectivity index (χ1) is 16.1. The molecule has 4 rings (SSSR count). The van der Waals surface area contributed by atoms with Gasteiger partial charge in [0.25, 0.3) is 0 Å². The fourth-order valence-electron chi connectivity index (χ4n) is 3.99. The summed E-state index contributed by atoms with van der Waals surface area (Å²) >= 11 is 0. The van der Waals surface area contributed by atoms with Crippen molar-refractivity contribution in [3.8, 4) is 11.5 Å². The molecule has 34 heavy (non-hydrogen) atoms. The van der Waals surface area contributed by atoms with Crippen LogP contribution in [0.1, 0.15) is 37.9 Å². The molecule has 2 N–H and O–H groups in total. The van der Waals surface area contributed by atoms with Crippen molar-refractivity contribution in [3.63, 3.8) is 0 Å². The number of phenols is 1. The Hall–Kier alpha value is -3.58. The van der Waals surface area contributed by atoms with Crippen LogP contribution >= 0.6 is 0 Å². The predicted octanol–water partition coefficient (Wildman–Crippen LogP) is 5.34. The molecule has 3 aromatic rings. The maximum atomic E-state index is 13.5. The minimum absolute atomic E-state index is 0.0112. The Labute approximate surface area is 198 Å². The van der Waals surface area contributed by atoms with Gasteiger partial charge in [0.05, 0.1) is 0 Å². The molecule has 0 aliphatic carbocycles. The summed E-state index contributed by atoms with van der Waals surface area (Å²) < 4.78 is 24.8. The number of carbonyl (C=O) groups excluding carboxylic acids is 1. The monoisotopic (exact) mass is 465 g/mol. The van der Waals surface area contributed by atoms with E-state index < -0.39 is 30.2 Å². The molecule has 0 spiro atoms. The molecule has 1 aliphatic heterocycles. The van der Waals surface area contributed by atoms with Gasteiger partial charge in [-0.05, 0) is 65.1 Å². The van der Waals surface area contributed by atoms with Crippen molar-refractivity contribution in [2.45, 2.75) is 44.4 Å². The zero-order chi connectivity index (χ0) is 24.5. The molecular weight excluding hydrogens is 437 g/mol. The minimum atomic E-state index is -1.14. The SMILES string of the molecule is CC(C)(C)c1ccc(OCC(O)C2OC(=O)N(c3ccc(F)cc3)C2c2ccc(O)cc2)cc1. The largest absolute Gasteiger partial charge is 0.508 e. The molecule has 6 nitrogen and oxygen atoms in total. The van der Waals surface area contributed by atoms with E-state index in [1.54, 1.807) is 12.1 Å². The van der Waals surface area contributed by atoms with Crippen LogP contribution in [0.15, 0.2) is 72.8 Å². The second-order valence-electron chi connectivity index (χ2n) is 9.38. The van der Waals surface area contributed by atoms with E-state index in [9.17, 15) is 19.4 Å². The first kappa shape index (κ1) is 23.6. The van der Waals surface area contributed by atoms with E-state index in [2.05, 4.69) is 20.8 Å². The number of phenolic OH excluding ortho intramolecular Hbond substituents is 1. The van der Waals surface area contributed by atoms with Crippen LogP contribution in [-0.4, -0.2) is 35.1 Å². The summed E-state index contributed by atoms with van der Waals surface area (Å²) in [5.74, 6) is 0.231. The van der Waals surface area contributed by atoms with Crippen LogP contribution in [0.5, 0.6) is 11.5 Å². The van der Waals surface area contributed by atoms with Gasteiger partial charge in [-0.15, -0.1) is 0 Å². The third-order valence-corrected chi connectivity index (χ3v) is 5.88. The van der Waals surface area contributed by atoms with Gasteiger partial charge in [0.15, 0.2) is 6.10 Å². The molecule has 0 aromatic heterocycles. The van der Waals surface area contributed by atoms with Gasteiger partial charge in [0.2, 0.25) is 0 Å². The average molecular weight is 466 g/mol. The third kappa shape index (κ3) is 4.99. The number of nitrogens with zero attached hydrogens (tertiary/aromatic N) is 1. The molecule has 3 atom stereocenters. The lowest BCUT2D eigenvalue weighted by Gasteiger charge is -2.27. The zero-order valence-electron chi connectivity index (χ0n) is 19.3. The van der Waals surface area contributed by atoms with Gasteiger partial charge in [0.1, 0.15) is 36.1 Å². The highest BCUT2D eigenvalue weighted by Gasteiger charge is 2.47. The minimum Gasteiger partial charge on any atom is -0.508 e. The molecule has 1 aliphatic rings. The van der Waals surface area contributed by atoms with Crippen molar-refractivity contribution >= 4 is 11.8 Å². The van der Waals surface area contributed by atoms with Crippen LogP contribution in [-0.2, 0) is 10.2 Å². The Kier molecular flexibility index (Phi) is 6.48. The van der Waals surface area contributed by atoms with Crippen LogP contribution in [0, 0.1) is 5.82 Å². The molecule has 7 heteroatoms. The van der Waals surface area contributed by atoms with Crippen molar-refractivity contribution in [2.24, 2.45) is 0 Å². The molecule has 0 bridgehead atoms. The lowest BCUT2D eigenvalue weighted by molar-refractivity contribution is -0.00646. The summed E-state index contributed by atoms with van der Waals surface area (Å²) in [5, 5.41) is 20.7. The van der Waals surface area contributed by atoms with E-state index in [0.29, 0.717) is 17.0 Å². The smallest absolute Gasteiger partial charge is 0.415 e. The van der Waals surface area contributed by atoms with Crippen molar-refractivity contribution in [3.05, 3.63) is 89.7 Å². The second-order valence-corrected chi connectivity index (χ2v) is 9.38. The van der Waals surface area contributed by atoms with Gasteiger partial charge in [-0.3, -0.25) is 4.90 Å². The fourth-order valence-corrected chi connectivity index (χ4v) is 3.99. The summed E-state index contributed by atoms with van der Waals surface area (Å²) in [6.45, 7) is 6.27. The molecule has 0 radical (unpaired) electrons. The standard InChI is InChI=1S/C27H28FNO5/c1-27(2,3)18-6-14-22(15-7-18)33-16-23(31)25-24(17-4-12-21(30)13-5-17)29(26(32)34-25)20-10-8-19(28)9-11-20/h4-15,23-25,30-31H,16H2,1-3H3. The van der Waals surface area contributed by atoms with Gasteiger partial charge in [-0.2, -0.15) is 0 Å². The Bertz CT molecular complexity index is 1120. The Morgan fingerprint density at radius 3 is 2.21 bits per heavy atom. The highest BCUT2D eigenvalue weighted by atomic mass is 19.1. The van der Waals surface area contributed by atoms with Gasteiger partial charge in [-0.25, -0.2) is 9.18 Å². The first-order valence-corrected chi connectivity index (χ1v) is 11.1. The molecule has 3 unspecified atom stereocenters. The van der Waals surface area contributed by atoms with E-state index in [1.165, 1.54) is 41.3 Å². The zero-order valence-corrected chi connectivity index (χ0v) is 19.3. The number of ether oxygens (including phenoxy) is 2. The van der Waals surface area contributed by atoms with Crippen LogP contribution in [0.25, 0.3) is 0 Å². The number of amides is 1. The van der Waals surface area contributed by atoms with Crippen LogP contribution < -0.4 is 9.64 Å². The van der Waals surface area contributed by atoms with Gasteiger partial charge in [-0.1, -0.05) is 45.0 Å². The fraction of sp³-hybridized carbons (Fsp3) is 0.296. The number of aliphatic hydroxyl groups is 1. The van der Waals surface area contributed by atoms with E-state index in [-0.39, 0.29) is 17.8 Å². The van der Waals surface area contributed by atoms with Crippen LogP contribution in [0.4, 0.5) is 14.9 Å². The van der Waals surface area contributed by atoms with Crippen molar-refractivity contribution in [1.82, 2.24) is 0 Å². The maximum absolute atomic E-state index is 13.5. The van der Waals surface area contributed by atoms with Gasteiger partial charge in [0, 0.05) is 5.69 Å². The topological polar surface area (TPSA) is 79.2 Å². The molecule has 1 amide bonds. The highest BCUT2D eigenvalue weighted by molar-refractivity contribution is 5.91. The van der Waals surface area contributed by atoms with Crippen molar-refractivity contribution < 1.29 is 28.9 Å². The number of hydrogen-bond donors (Lipinski definition) is 2. The molecular formula is C27H28FNO5. The number of aliphatic hydroxyl groups excluding tert-OH is 1. The number of hydrogen-bond acceptors (Lipinski definition) is 5. The number of cyclic esters (lactones) is 1. The second kappa shape index (κ2) is 9.35. The summed E-state index contributed by atoms with van der Waals surface area (Å²) in [6.07, 6.45) is -2.75. The lowest BCUT2D eigenvalue weighted by atomic mass is 9.87. The Morgan fingerprint density at radius 2 is 1.62 bits per heavy atom. The third-order valence-electron chi connectivity index (χ3n) is 5.88. The van der Waals surface area contributed by atoms with E-state index in [4.69, 9.17) is 9.47 Å². The number of carbonyl (C=O) groups is 1. The van der Waals surface area contributed by atoms with Gasteiger partial charge < -0.3 is 19.7 Å². The molecule has 1 saturated heterocycles. The Balaban J connectivity index is 1.56. The van der Waals surface area contributed by atoms with E-state index >= 15 is 0 Å². The predicted molar refractivity (Wildman–Crippen MR) is 127 cm³/mol. The lowest BCUT2D eigenvalue weighted by Crippen LogP contribution is -2.38. The van der Waals surface area contributed by atoms with E-state index in [0.717, 1.165) is 5.56 Å².